The minimum Gasteiger partial charge on any atom is -0.497 e. The molecule has 2 aromatic heterocycles. The number of carbonyl (C=O) groups is 1. The molecule has 9 heteroatoms. The Bertz CT molecular complexity index is 1750. The van der Waals surface area contributed by atoms with Crippen LogP contribution in [0.25, 0.3) is 20.7 Å². The summed E-state index contributed by atoms with van der Waals surface area (Å²) in [4.78, 5) is 30.0. The number of hydrogen-bond donors (Lipinski definition) is 0. The maximum Gasteiger partial charge on any atom is 0.514 e. The van der Waals surface area contributed by atoms with Crippen molar-refractivity contribution in [1.82, 2.24) is 9.47 Å². The van der Waals surface area contributed by atoms with Crippen LogP contribution in [-0.2, 0) is 24.4 Å². The summed E-state index contributed by atoms with van der Waals surface area (Å²) in [5.74, 6) is 0.169. The third-order valence-corrected chi connectivity index (χ3v) is 8.12. The first kappa shape index (κ1) is 29.0. The van der Waals surface area contributed by atoms with Crippen molar-refractivity contribution < 1.29 is 23.4 Å². The summed E-state index contributed by atoms with van der Waals surface area (Å²) in [5, 5.41) is 0.420. The van der Waals surface area contributed by atoms with Gasteiger partial charge in [0.2, 0.25) is 5.43 Å². The van der Waals surface area contributed by atoms with Crippen LogP contribution in [0.4, 0.5) is 9.18 Å². The number of methoxy groups -OCH3 is 1. The van der Waals surface area contributed by atoms with Gasteiger partial charge in [0.1, 0.15) is 16.4 Å². The molecule has 7 nitrogen and oxygen atoms in total. The maximum atomic E-state index is 14.8. The number of rotatable bonds is 10. The third kappa shape index (κ3) is 6.37. The normalized spacial score (nSPS) is 11.2. The zero-order valence-corrected chi connectivity index (χ0v) is 24.4. The van der Waals surface area contributed by atoms with Crippen molar-refractivity contribution in [3.8, 4) is 21.9 Å². The Morgan fingerprint density at radius 3 is 2.38 bits per heavy atom. The van der Waals surface area contributed by atoms with Crippen molar-refractivity contribution in [3.63, 3.8) is 0 Å². The van der Waals surface area contributed by atoms with Crippen LogP contribution in [-0.4, -0.2) is 36.4 Å². The van der Waals surface area contributed by atoms with Crippen LogP contribution in [0.5, 0.6) is 11.5 Å². The van der Waals surface area contributed by atoms with Gasteiger partial charge in [0.25, 0.3) is 0 Å². The Morgan fingerprint density at radius 1 is 0.976 bits per heavy atom. The summed E-state index contributed by atoms with van der Waals surface area (Å²) in [6.07, 6.45) is 0.486. The van der Waals surface area contributed by atoms with E-state index >= 15 is 0 Å². The second-order valence-corrected chi connectivity index (χ2v) is 10.8. The van der Waals surface area contributed by atoms with Crippen molar-refractivity contribution in [3.05, 3.63) is 118 Å². The van der Waals surface area contributed by atoms with Crippen molar-refractivity contribution in [1.29, 1.82) is 0 Å². The van der Waals surface area contributed by atoms with Gasteiger partial charge < -0.3 is 18.8 Å². The molecule has 0 aliphatic heterocycles. The van der Waals surface area contributed by atoms with Crippen LogP contribution in [0.1, 0.15) is 23.6 Å². The fourth-order valence-electron chi connectivity index (χ4n) is 4.86. The van der Waals surface area contributed by atoms with Crippen LogP contribution < -0.4 is 14.9 Å². The minimum absolute atomic E-state index is 0.0973. The number of fused-ring (bicyclic) bond motifs is 1. The van der Waals surface area contributed by atoms with Crippen molar-refractivity contribution in [2.75, 3.05) is 20.8 Å². The fraction of sp³-hybridized carbons (Fsp3) is 0.212. The van der Waals surface area contributed by atoms with E-state index in [9.17, 15) is 14.0 Å². The predicted octanol–water partition coefficient (Wildman–Crippen LogP) is 7.09. The molecule has 0 spiro atoms. The molecule has 5 aromatic rings. The Labute approximate surface area is 247 Å². The van der Waals surface area contributed by atoms with Crippen LogP contribution in [0.3, 0.4) is 0 Å². The zero-order valence-electron chi connectivity index (χ0n) is 23.6. The summed E-state index contributed by atoms with van der Waals surface area (Å²) in [6.45, 7) is 2.98. The highest BCUT2D eigenvalue weighted by molar-refractivity contribution is 7.22. The molecule has 0 atom stereocenters. The van der Waals surface area contributed by atoms with E-state index in [0.717, 1.165) is 21.6 Å². The molecule has 3 aromatic carbocycles. The summed E-state index contributed by atoms with van der Waals surface area (Å²) in [7, 11) is 3.60. The van der Waals surface area contributed by atoms with E-state index in [4.69, 9.17) is 14.2 Å². The Morgan fingerprint density at radius 2 is 1.69 bits per heavy atom. The average Bonchev–Trinajstić information content (AvgIpc) is 3.36. The molecule has 42 heavy (non-hydrogen) atoms. The second-order valence-electron chi connectivity index (χ2n) is 9.80. The molecule has 0 amide bonds. The highest BCUT2D eigenvalue weighted by Gasteiger charge is 2.24. The van der Waals surface area contributed by atoms with E-state index in [1.165, 1.54) is 23.6 Å². The minimum atomic E-state index is -0.972. The lowest BCUT2D eigenvalue weighted by molar-refractivity contribution is 0.104. The first-order chi connectivity index (χ1) is 20.4. The van der Waals surface area contributed by atoms with Gasteiger partial charge in [-0.05, 0) is 61.0 Å². The Kier molecular flexibility index (Phi) is 9.00. The smallest absolute Gasteiger partial charge is 0.497 e. The van der Waals surface area contributed by atoms with Gasteiger partial charge in [-0.3, -0.25) is 9.69 Å². The Balaban J connectivity index is 1.70. The SMILES string of the molecule is CCOC(=O)Oc1cn(Cc2ccccc2F)c2sc(-c3ccc(OC)cc3)c(CN(C)Cc3ccccc3)c2c1=O. The van der Waals surface area contributed by atoms with Crippen LogP contribution >= 0.6 is 11.3 Å². The number of halogens is 1. The zero-order chi connectivity index (χ0) is 29.6. The second kappa shape index (κ2) is 13.0. The van der Waals surface area contributed by atoms with Gasteiger partial charge in [0.05, 0.1) is 31.8 Å². The van der Waals surface area contributed by atoms with Crippen molar-refractivity contribution >= 4 is 27.7 Å². The lowest BCUT2D eigenvalue weighted by Crippen LogP contribution is -2.21. The van der Waals surface area contributed by atoms with Gasteiger partial charge in [-0.15, -0.1) is 11.3 Å². The van der Waals surface area contributed by atoms with E-state index in [-0.39, 0.29) is 24.7 Å². The molecule has 0 unspecified atom stereocenters. The van der Waals surface area contributed by atoms with Crippen LogP contribution in [0.15, 0.2) is 89.9 Å². The third-order valence-electron chi connectivity index (χ3n) is 6.80. The Hall–Kier alpha value is -4.47. The molecule has 216 valence electrons. The first-order valence-electron chi connectivity index (χ1n) is 13.5. The fourth-order valence-corrected chi connectivity index (χ4v) is 6.14. The van der Waals surface area contributed by atoms with Crippen LogP contribution in [0, 0.1) is 5.82 Å². The van der Waals surface area contributed by atoms with E-state index in [0.29, 0.717) is 34.6 Å². The monoisotopic (exact) mass is 586 g/mol. The standard InChI is InChI=1S/C33H31FN2O5S/c1-4-40-33(38)41-28-21-36(19-24-12-8-9-13-27(24)34)32-29(30(28)37)26(20-35(2)18-22-10-6-5-7-11-22)31(42-32)23-14-16-25(39-3)17-15-23/h5-17,21H,4,18-20H2,1-3H3. The number of nitrogens with zero attached hydrogens (tertiary/aromatic N) is 2. The summed E-state index contributed by atoms with van der Waals surface area (Å²) < 4.78 is 32.2. The molecule has 5 rings (SSSR count). The molecule has 0 radical (unpaired) electrons. The van der Waals surface area contributed by atoms with E-state index in [2.05, 4.69) is 17.0 Å². The number of benzene rings is 3. The number of carbonyl (C=O) groups excluding carboxylic acids is 1. The quantitative estimate of drug-likeness (QED) is 0.163. The topological polar surface area (TPSA) is 70.0 Å². The average molecular weight is 587 g/mol. The van der Waals surface area contributed by atoms with Crippen molar-refractivity contribution in [2.45, 2.75) is 26.6 Å². The van der Waals surface area contributed by atoms with E-state index < -0.39 is 11.6 Å². The highest BCUT2D eigenvalue weighted by atomic mass is 32.1. The highest BCUT2D eigenvalue weighted by Crippen LogP contribution is 2.40. The van der Waals surface area contributed by atoms with Gasteiger partial charge in [-0.25, -0.2) is 9.18 Å². The lowest BCUT2D eigenvalue weighted by atomic mass is 10.1. The molecule has 2 heterocycles. The first-order valence-corrected chi connectivity index (χ1v) is 14.3. The number of thiophene rings is 1. The molecule has 0 aliphatic rings. The molecule has 0 bridgehead atoms. The van der Waals surface area contributed by atoms with Gasteiger partial charge in [-0.1, -0.05) is 48.5 Å². The number of ether oxygens (including phenoxy) is 3. The molecule has 0 saturated heterocycles. The summed E-state index contributed by atoms with van der Waals surface area (Å²) in [6, 6.07) is 24.2. The number of aromatic nitrogens is 1. The molecule has 0 aliphatic carbocycles. The summed E-state index contributed by atoms with van der Waals surface area (Å²) in [5.41, 5.74) is 2.84. The molecule has 0 N–H and O–H groups in total. The largest absolute Gasteiger partial charge is 0.514 e. The lowest BCUT2D eigenvalue weighted by Gasteiger charge is -2.18. The van der Waals surface area contributed by atoms with E-state index in [1.807, 2.05) is 49.5 Å². The predicted molar refractivity (Wildman–Crippen MR) is 163 cm³/mol. The molecular weight excluding hydrogens is 555 g/mol. The molecule has 0 fully saturated rings. The van der Waals surface area contributed by atoms with E-state index in [1.54, 1.807) is 36.8 Å². The number of pyridine rings is 1. The maximum absolute atomic E-state index is 14.8. The van der Waals surface area contributed by atoms with Crippen molar-refractivity contribution in [2.24, 2.45) is 0 Å². The van der Waals surface area contributed by atoms with Crippen LogP contribution in [0.2, 0.25) is 0 Å². The van der Waals surface area contributed by atoms with Gasteiger partial charge in [0, 0.05) is 23.5 Å². The molecular formula is C33H31FN2O5S. The summed E-state index contributed by atoms with van der Waals surface area (Å²) >= 11 is 1.44. The number of hydrogen-bond acceptors (Lipinski definition) is 7. The van der Waals surface area contributed by atoms with Gasteiger partial charge in [0.15, 0.2) is 5.75 Å². The molecule has 0 saturated carbocycles. The van der Waals surface area contributed by atoms with Gasteiger partial charge >= 0.3 is 6.16 Å². The van der Waals surface area contributed by atoms with Gasteiger partial charge in [-0.2, -0.15) is 0 Å².